The van der Waals surface area contributed by atoms with E-state index in [1.165, 1.54) is 20.1 Å². The number of methoxy groups -OCH3 is 1. The Balaban J connectivity index is 1.94. The number of carbonyl (C=O) groups is 1. The van der Waals surface area contributed by atoms with Crippen molar-refractivity contribution in [3.05, 3.63) is 65.0 Å². The summed E-state index contributed by atoms with van der Waals surface area (Å²) in [6.07, 6.45) is 3.27. The first kappa shape index (κ1) is 22.1. The second kappa shape index (κ2) is 9.05. The molecule has 0 atom stereocenters. The molecule has 2 N–H and O–H groups in total. The van der Waals surface area contributed by atoms with Crippen LogP contribution in [0.15, 0.2) is 51.9 Å². The lowest BCUT2D eigenvalue weighted by atomic mass is 10.2. The van der Waals surface area contributed by atoms with E-state index in [0.717, 1.165) is 5.56 Å². The van der Waals surface area contributed by atoms with E-state index >= 15 is 0 Å². The number of hydrogen-bond acceptors (Lipinski definition) is 6. The first-order chi connectivity index (χ1) is 14.7. The molecule has 8 nitrogen and oxygen atoms in total. The van der Waals surface area contributed by atoms with Gasteiger partial charge < -0.3 is 14.6 Å². The normalized spacial score (nSPS) is 11.5. The number of aryl methyl sites for hydroxylation is 2. The van der Waals surface area contributed by atoms with E-state index < -0.39 is 10.0 Å². The molecule has 1 aromatic heterocycles. The smallest absolute Gasteiger partial charge is 0.265 e. The molecule has 162 valence electrons. The molecule has 9 heteroatoms. The molecule has 0 fully saturated rings. The van der Waals surface area contributed by atoms with Gasteiger partial charge in [-0.05, 0) is 55.3 Å². The zero-order valence-corrected chi connectivity index (χ0v) is 18.4. The molecule has 0 aliphatic heterocycles. The number of amides is 1. The summed E-state index contributed by atoms with van der Waals surface area (Å²) < 4.78 is 39.1. The number of nitrogens with one attached hydrogen (secondary N) is 2. The van der Waals surface area contributed by atoms with Crippen LogP contribution in [-0.2, 0) is 14.8 Å². The highest BCUT2D eigenvalue weighted by molar-refractivity contribution is 7.92. The molecular formula is C22H23N3O5S. The number of ether oxygens (including phenoxy) is 1. The molecule has 1 heterocycles. The summed E-state index contributed by atoms with van der Waals surface area (Å²) in [4.78, 5) is 11.4. The van der Waals surface area contributed by atoms with Crippen LogP contribution in [0.2, 0.25) is 0 Å². The minimum absolute atomic E-state index is 0.00510. The van der Waals surface area contributed by atoms with E-state index in [9.17, 15) is 13.2 Å². The highest BCUT2D eigenvalue weighted by Crippen LogP contribution is 2.29. The maximum Gasteiger partial charge on any atom is 0.265 e. The topological polar surface area (TPSA) is 111 Å². The summed E-state index contributed by atoms with van der Waals surface area (Å²) in [5.41, 5.74) is 2.98. The Morgan fingerprint density at radius 3 is 2.58 bits per heavy atom. The number of hydrogen-bond donors (Lipinski definition) is 2. The third-order valence-electron chi connectivity index (χ3n) is 4.36. The number of sulfonamides is 1. The first-order valence-electron chi connectivity index (χ1n) is 9.39. The summed E-state index contributed by atoms with van der Waals surface area (Å²) in [5, 5.41) is 6.52. The summed E-state index contributed by atoms with van der Waals surface area (Å²) in [7, 11) is -2.49. The molecule has 0 saturated carbocycles. The zero-order valence-electron chi connectivity index (χ0n) is 17.6. The van der Waals surface area contributed by atoms with Crippen molar-refractivity contribution in [1.29, 1.82) is 0 Å². The quantitative estimate of drug-likeness (QED) is 0.568. The Kier molecular flexibility index (Phi) is 6.45. The van der Waals surface area contributed by atoms with Gasteiger partial charge in [-0.3, -0.25) is 9.52 Å². The molecule has 3 rings (SSSR count). The van der Waals surface area contributed by atoms with E-state index in [1.54, 1.807) is 49.4 Å². The summed E-state index contributed by atoms with van der Waals surface area (Å²) in [6, 6.07) is 11.8. The maximum absolute atomic E-state index is 13.0. The van der Waals surface area contributed by atoms with Gasteiger partial charge in [0.2, 0.25) is 5.91 Å². The number of rotatable bonds is 7. The van der Waals surface area contributed by atoms with Crippen LogP contribution in [0, 0.1) is 13.8 Å². The van der Waals surface area contributed by atoms with Crippen molar-refractivity contribution in [3.8, 4) is 5.75 Å². The van der Waals surface area contributed by atoms with Gasteiger partial charge in [0.05, 0.1) is 7.11 Å². The Labute approximate surface area is 181 Å². The molecule has 1 amide bonds. The van der Waals surface area contributed by atoms with Crippen LogP contribution in [0.3, 0.4) is 0 Å². The predicted molar refractivity (Wildman–Crippen MR) is 119 cm³/mol. The third-order valence-corrected chi connectivity index (χ3v) is 5.77. The van der Waals surface area contributed by atoms with Crippen molar-refractivity contribution >= 4 is 39.5 Å². The van der Waals surface area contributed by atoms with Gasteiger partial charge in [-0.2, -0.15) is 0 Å². The van der Waals surface area contributed by atoms with Crippen LogP contribution in [0.1, 0.15) is 29.5 Å². The molecule has 2 aromatic carbocycles. The minimum Gasteiger partial charge on any atom is -0.495 e. The van der Waals surface area contributed by atoms with Crippen molar-refractivity contribution in [2.75, 3.05) is 17.1 Å². The molecule has 3 aromatic rings. The number of carbonyl (C=O) groups excluding carboxylic acids is 1. The predicted octanol–water partition coefficient (Wildman–Crippen LogP) is 4.23. The van der Waals surface area contributed by atoms with Crippen molar-refractivity contribution < 1.29 is 22.5 Å². The van der Waals surface area contributed by atoms with Crippen molar-refractivity contribution in [2.45, 2.75) is 25.7 Å². The lowest BCUT2D eigenvalue weighted by Crippen LogP contribution is -2.14. The van der Waals surface area contributed by atoms with Gasteiger partial charge in [-0.25, -0.2) is 8.42 Å². The monoisotopic (exact) mass is 441 g/mol. The lowest BCUT2D eigenvalue weighted by Gasteiger charge is -2.12. The summed E-state index contributed by atoms with van der Waals surface area (Å²) in [6.45, 7) is 4.98. The Morgan fingerprint density at radius 2 is 1.90 bits per heavy atom. The summed E-state index contributed by atoms with van der Waals surface area (Å²) in [5.74, 6) is 0.318. The molecular weight excluding hydrogens is 418 g/mol. The molecule has 0 radical (unpaired) electrons. The lowest BCUT2D eigenvalue weighted by molar-refractivity contribution is -0.114. The highest BCUT2D eigenvalue weighted by Gasteiger charge is 2.20. The Bertz CT molecular complexity index is 1250. The minimum atomic E-state index is -3.90. The molecule has 0 unspecified atom stereocenters. The van der Waals surface area contributed by atoms with Crippen molar-refractivity contribution in [2.24, 2.45) is 0 Å². The van der Waals surface area contributed by atoms with Gasteiger partial charge in [0.15, 0.2) is 5.76 Å². The SMILES string of the molecule is COc1ccc(/C=C/c2onc(C)c2NC(C)=O)cc1S(=O)(=O)Nc1cccc(C)c1. The molecule has 0 saturated heterocycles. The molecule has 0 aliphatic rings. The first-order valence-corrected chi connectivity index (χ1v) is 10.9. The van der Waals surface area contributed by atoms with Gasteiger partial charge in [0.1, 0.15) is 22.0 Å². The zero-order chi connectivity index (χ0) is 22.6. The number of anilines is 2. The standard InChI is InChI=1S/C22H23N3O5S/c1-14-6-5-7-18(12-14)25-31(27,28)21-13-17(8-10-19(21)29-4)9-11-20-22(23-16(3)26)15(2)24-30-20/h5-13,25H,1-4H3,(H,23,26)/b11-9+. The van der Waals surface area contributed by atoms with Crippen LogP contribution < -0.4 is 14.8 Å². The van der Waals surface area contributed by atoms with E-state index in [2.05, 4.69) is 15.2 Å². The Hall–Kier alpha value is -3.59. The molecule has 31 heavy (non-hydrogen) atoms. The number of benzene rings is 2. The maximum atomic E-state index is 13.0. The van der Waals surface area contributed by atoms with Gasteiger partial charge in [-0.15, -0.1) is 0 Å². The van der Waals surface area contributed by atoms with Crippen LogP contribution in [0.25, 0.3) is 12.2 Å². The fourth-order valence-electron chi connectivity index (χ4n) is 2.93. The van der Waals surface area contributed by atoms with Gasteiger partial charge in [0, 0.05) is 12.6 Å². The van der Waals surface area contributed by atoms with Crippen LogP contribution in [0.5, 0.6) is 5.75 Å². The number of nitrogens with zero attached hydrogens (tertiary/aromatic N) is 1. The van der Waals surface area contributed by atoms with Crippen LogP contribution >= 0.6 is 0 Å². The molecule has 0 spiro atoms. The van der Waals surface area contributed by atoms with E-state index in [1.807, 2.05) is 13.0 Å². The average Bonchev–Trinajstić information content (AvgIpc) is 3.05. The van der Waals surface area contributed by atoms with Crippen molar-refractivity contribution in [3.63, 3.8) is 0 Å². The van der Waals surface area contributed by atoms with E-state index in [0.29, 0.717) is 28.4 Å². The highest BCUT2D eigenvalue weighted by atomic mass is 32.2. The third kappa shape index (κ3) is 5.32. The number of aromatic nitrogens is 1. The molecule has 0 aliphatic carbocycles. The Morgan fingerprint density at radius 1 is 1.13 bits per heavy atom. The van der Waals surface area contributed by atoms with E-state index in [4.69, 9.17) is 9.26 Å². The average molecular weight is 442 g/mol. The van der Waals surface area contributed by atoms with Crippen LogP contribution in [0.4, 0.5) is 11.4 Å². The fourth-order valence-corrected chi connectivity index (χ4v) is 4.18. The molecule has 0 bridgehead atoms. The van der Waals surface area contributed by atoms with Crippen LogP contribution in [-0.4, -0.2) is 26.6 Å². The van der Waals surface area contributed by atoms with Gasteiger partial charge in [0.25, 0.3) is 10.0 Å². The second-order valence-corrected chi connectivity index (χ2v) is 8.56. The van der Waals surface area contributed by atoms with E-state index in [-0.39, 0.29) is 16.6 Å². The van der Waals surface area contributed by atoms with Crippen molar-refractivity contribution in [1.82, 2.24) is 5.16 Å². The van der Waals surface area contributed by atoms with Gasteiger partial charge >= 0.3 is 0 Å². The fraction of sp³-hybridized carbons (Fsp3) is 0.182. The summed E-state index contributed by atoms with van der Waals surface area (Å²) >= 11 is 0. The van der Waals surface area contributed by atoms with Gasteiger partial charge in [-0.1, -0.05) is 29.4 Å². The largest absolute Gasteiger partial charge is 0.495 e. The second-order valence-electron chi connectivity index (χ2n) is 6.91.